The van der Waals surface area contributed by atoms with Gasteiger partial charge in [0.15, 0.2) is 0 Å². The molecule has 7 heteroatoms. The first-order valence-corrected chi connectivity index (χ1v) is 10.4. The van der Waals surface area contributed by atoms with Crippen molar-refractivity contribution in [1.29, 1.82) is 0 Å². The molecule has 0 unspecified atom stereocenters. The SMILES string of the molecule is CCOC(=O)c1cc(CC)sc1NC(=O)Cc1csc(-c2ccccc2)n1. The van der Waals surface area contributed by atoms with E-state index >= 15 is 0 Å². The van der Waals surface area contributed by atoms with Gasteiger partial charge in [0.1, 0.15) is 10.0 Å². The van der Waals surface area contributed by atoms with Crippen molar-refractivity contribution >= 4 is 39.6 Å². The van der Waals surface area contributed by atoms with Crippen LogP contribution in [0.3, 0.4) is 0 Å². The molecule has 0 bridgehead atoms. The average molecular weight is 401 g/mol. The normalized spacial score (nSPS) is 10.6. The third-order valence-electron chi connectivity index (χ3n) is 3.79. The Kier molecular flexibility index (Phi) is 6.36. The molecule has 0 fully saturated rings. The number of nitrogens with one attached hydrogen (secondary N) is 1. The highest BCUT2D eigenvalue weighted by Gasteiger charge is 2.19. The zero-order valence-electron chi connectivity index (χ0n) is 15.2. The maximum Gasteiger partial charge on any atom is 0.341 e. The van der Waals surface area contributed by atoms with E-state index in [-0.39, 0.29) is 12.3 Å². The number of hydrogen-bond acceptors (Lipinski definition) is 6. The van der Waals surface area contributed by atoms with Gasteiger partial charge in [0, 0.05) is 15.8 Å². The number of esters is 1. The molecule has 1 N–H and O–H groups in total. The predicted molar refractivity (Wildman–Crippen MR) is 110 cm³/mol. The summed E-state index contributed by atoms with van der Waals surface area (Å²) in [5.41, 5.74) is 2.15. The summed E-state index contributed by atoms with van der Waals surface area (Å²) in [6.07, 6.45) is 0.949. The molecule has 0 saturated carbocycles. The van der Waals surface area contributed by atoms with Crippen LogP contribution in [0.2, 0.25) is 0 Å². The standard InChI is InChI=1S/C20H20N2O3S2/c1-3-15-11-16(20(24)25-4-2)19(27-15)22-17(23)10-14-12-26-18(21-14)13-8-6-5-7-9-13/h5-9,11-12H,3-4,10H2,1-2H3,(H,22,23). The molecule has 0 radical (unpaired) electrons. The molecule has 3 rings (SSSR count). The number of carbonyl (C=O) groups is 2. The Hall–Kier alpha value is -2.51. The van der Waals surface area contributed by atoms with Gasteiger partial charge < -0.3 is 10.1 Å². The molecular formula is C20H20N2O3S2. The summed E-state index contributed by atoms with van der Waals surface area (Å²) in [5.74, 6) is -0.612. The highest BCUT2D eigenvalue weighted by molar-refractivity contribution is 7.16. The zero-order valence-corrected chi connectivity index (χ0v) is 16.8. The minimum atomic E-state index is -0.413. The summed E-state index contributed by atoms with van der Waals surface area (Å²) >= 11 is 2.91. The molecule has 0 aliphatic rings. The number of aromatic nitrogens is 1. The molecule has 0 atom stereocenters. The molecule has 0 spiro atoms. The first kappa shape index (κ1) is 19.3. The van der Waals surface area contributed by atoms with Crippen molar-refractivity contribution in [3.63, 3.8) is 0 Å². The van der Waals surface area contributed by atoms with Gasteiger partial charge in [-0.1, -0.05) is 37.3 Å². The lowest BCUT2D eigenvalue weighted by Crippen LogP contribution is -2.16. The third kappa shape index (κ3) is 4.81. The fourth-order valence-electron chi connectivity index (χ4n) is 2.51. The van der Waals surface area contributed by atoms with E-state index in [1.54, 1.807) is 13.0 Å². The van der Waals surface area contributed by atoms with Crippen LogP contribution in [0.5, 0.6) is 0 Å². The van der Waals surface area contributed by atoms with E-state index in [2.05, 4.69) is 10.3 Å². The Labute approximate surface area is 166 Å². The lowest BCUT2D eigenvalue weighted by Gasteiger charge is -2.05. The summed E-state index contributed by atoms with van der Waals surface area (Å²) in [7, 11) is 0. The number of nitrogens with zero attached hydrogens (tertiary/aromatic N) is 1. The van der Waals surface area contributed by atoms with E-state index in [0.29, 0.717) is 22.9 Å². The summed E-state index contributed by atoms with van der Waals surface area (Å²) in [4.78, 5) is 30.1. The third-order valence-corrected chi connectivity index (χ3v) is 5.93. The summed E-state index contributed by atoms with van der Waals surface area (Å²) in [5, 5.41) is 6.15. The van der Waals surface area contributed by atoms with Crippen molar-refractivity contribution in [3.05, 3.63) is 57.9 Å². The Morgan fingerprint density at radius 1 is 1.19 bits per heavy atom. The van der Waals surface area contributed by atoms with Gasteiger partial charge in [-0.05, 0) is 19.4 Å². The van der Waals surface area contributed by atoms with Gasteiger partial charge in [-0.25, -0.2) is 9.78 Å². The first-order valence-electron chi connectivity index (χ1n) is 8.70. The van der Waals surface area contributed by atoms with E-state index in [0.717, 1.165) is 21.9 Å². The molecule has 2 aromatic heterocycles. The lowest BCUT2D eigenvalue weighted by molar-refractivity contribution is -0.115. The predicted octanol–water partition coefficient (Wildman–Crippen LogP) is 4.79. The maximum absolute atomic E-state index is 12.5. The second kappa shape index (κ2) is 8.92. The fourth-order valence-corrected chi connectivity index (χ4v) is 4.33. The highest BCUT2D eigenvalue weighted by atomic mass is 32.1. The van der Waals surface area contributed by atoms with Gasteiger partial charge in [-0.15, -0.1) is 22.7 Å². The van der Waals surface area contributed by atoms with Crippen LogP contribution in [0.15, 0.2) is 41.8 Å². The summed E-state index contributed by atoms with van der Waals surface area (Å²) in [6.45, 7) is 4.06. The Balaban J connectivity index is 1.70. The smallest absolute Gasteiger partial charge is 0.341 e. The van der Waals surface area contributed by atoms with Crippen LogP contribution in [0.4, 0.5) is 5.00 Å². The van der Waals surface area contributed by atoms with Crippen molar-refractivity contribution in [2.75, 3.05) is 11.9 Å². The molecule has 1 amide bonds. The average Bonchev–Trinajstić information content (AvgIpc) is 3.29. The quantitative estimate of drug-likeness (QED) is 0.579. The molecule has 2 heterocycles. The Bertz CT molecular complexity index is 932. The minimum Gasteiger partial charge on any atom is -0.462 e. The van der Waals surface area contributed by atoms with E-state index in [1.165, 1.54) is 22.7 Å². The number of hydrogen-bond donors (Lipinski definition) is 1. The number of rotatable bonds is 7. The Morgan fingerprint density at radius 2 is 1.96 bits per heavy atom. The number of thiazole rings is 1. The van der Waals surface area contributed by atoms with Crippen LogP contribution >= 0.6 is 22.7 Å². The van der Waals surface area contributed by atoms with Gasteiger partial charge >= 0.3 is 5.97 Å². The van der Waals surface area contributed by atoms with Crippen LogP contribution in [-0.4, -0.2) is 23.5 Å². The van der Waals surface area contributed by atoms with Gasteiger partial charge in [0.2, 0.25) is 5.91 Å². The number of carbonyl (C=O) groups excluding carboxylic acids is 2. The van der Waals surface area contributed by atoms with Crippen LogP contribution in [0.1, 0.15) is 34.8 Å². The summed E-state index contributed by atoms with van der Waals surface area (Å²) in [6, 6.07) is 11.6. The monoisotopic (exact) mass is 400 g/mol. The highest BCUT2D eigenvalue weighted by Crippen LogP contribution is 2.30. The lowest BCUT2D eigenvalue weighted by atomic mass is 10.2. The second-order valence-electron chi connectivity index (χ2n) is 5.76. The van der Waals surface area contributed by atoms with E-state index < -0.39 is 5.97 Å². The number of amides is 1. The number of anilines is 1. The molecular weight excluding hydrogens is 380 g/mol. The van der Waals surface area contributed by atoms with E-state index in [1.807, 2.05) is 42.6 Å². The molecule has 0 aliphatic heterocycles. The molecule has 1 aromatic carbocycles. The van der Waals surface area contributed by atoms with Crippen LogP contribution in [-0.2, 0) is 22.4 Å². The van der Waals surface area contributed by atoms with Crippen molar-refractivity contribution in [3.8, 4) is 10.6 Å². The zero-order chi connectivity index (χ0) is 19.2. The molecule has 0 saturated heterocycles. The molecule has 0 aliphatic carbocycles. The molecule has 27 heavy (non-hydrogen) atoms. The fraction of sp³-hybridized carbons (Fsp3) is 0.250. The first-order chi connectivity index (χ1) is 13.1. The van der Waals surface area contributed by atoms with Gasteiger partial charge in [0.05, 0.1) is 24.3 Å². The van der Waals surface area contributed by atoms with Crippen molar-refractivity contribution in [2.45, 2.75) is 26.7 Å². The number of aryl methyl sites for hydroxylation is 1. The molecule has 3 aromatic rings. The molecule has 140 valence electrons. The van der Waals surface area contributed by atoms with Crippen molar-refractivity contribution in [2.24, 2.45) is 0 Å². The van der Waals surface area contributed by atoms with E-state index in [4.69, 9.17) is 4.74 Å². The number of thiophene rings is 1. The maximum atomic E-state index is 12.5. The summed E-state index contributed by atoms with van der Waals surface area (Å²) < 4.78 is 5.08. The van der Waals surface area contributed by atoms with Crippen LogP contribution in [0, 0.1) is 0 Å². The number of ether oxygens (including phenoxy) is 1. The van der Waals surface area contributed by atoms with Gasteiger partial charge in [0.25, 0.3) is 0 Å². The molecule has 5 nitrogen and oxygen atoms in total. The second-order valence-corrected chi connectivity index (χ2v) is 7.76. The van der Waals surface area contributed by atoms with Crippen LogP contribution in [0.25, 0.3) is 10.6 Å². The largest absolute Gasteiger partial charge is 0.462 e. The van der Waals surface area contributed by atoms with E-state index in [9.17, 15) is 9.59 Å². The van der Waals surface area contributed by atoms with Crippen molar-refractivity contribution < 1.29 is 14.3 Å². The van der Waals surface area contributed by atoms with Gasteiger partial charge in [-0.3, -0.25) is 4.79 Å². The minimum absolute atomic E-state index is 0.158. The van der Waals surface area contributed by atoms with Crippen LogP contribution < -0.4 is 5.32 Å². The number of benzene rings is 1. The topological polar surface area (TPSA) is 68.3 Å². The Morgan fingerprint density at radius 3 is 2.67 bits per heavy atom. The van der Waals surface area contributed by atoms with Gasteiger partial charge in [-0.2, -0.15) is 0 Å². The van der Waals surface area contributed by atoms with Crippen molar-refractivity contribution in [1.82, 2.24) is 4.98 Å².